The maximum absolute atomic E-state index is 15.4. The standard InChI is InChI=1S/C43H44FN11O4/c1-7-53-37(57)24-47-39-40(53)50-35(23-46-39)30-17-19-34(49-27(30)3)38-48-25-52(51-38)20-12-10-8-9-11-13-36(56)31-16-14-29(22-32(31)44)55-42(59)54(41(58)43(55,4)5)28-15-18-33(45-6)26(2)21-28/h14-19,21-23,25H,7-13,20,24H2,1-5H3,(H,46,47). The average molecular weight is 798 g/mol. The number of unbranched alkanes of at least 4 members (excludes halogenated alkanes) is 4. The Hall–Kier alpha value is -6.89. The number of carbonyl (C=O) groups excluding carboxylic acids is 4. The Morgan fingerprint density at radius 2 is 1.69 bits per heavy atom. The zero-order valence-corrected chi connectivity index (χ0v) is 33.6. The van der Waals surface area contributed by atoms with E-state index in [1.807, 2.05) is 26.0 Å². The number of aryl methyl sites for hydroxylation is 3. The van der Waals surface area contributed by atoms with Gasteiger partial charge in [-0.25, -0.2) is 38.9 Å². The number of hydrogen-bond donors (Lipinski definition) is 1. The van der Waals surface area contributed by atoms with Crippen molar-refractivity contribution in [1.82, 2.24) is 29.7 Å². The van der Waals surface area contributed by atoms with E-state index in [2.05, 4.69) is 25.2 Å². The minimum absolute atomic E-state index is 0.0564. The van der Waals surface area contributed by atoms with E-state index in [9.17, 15) is 19.2 Å². The number of hydrogen-bond acceptors (Lipinski definition) is 10. The molecule has 2 aromatic carbocycles. The van der Waals surface area contributed by atoms with Gasteiger partial charge in [0.25, 0.3) is 5.91 Å². The topological polar surface area (TPSA) is 164 Å². The van der Waals surface area contributed by atoms with E-state index >= 15 is 4.39 Å². The summed E-state index contributed by atoms with van der Waals surface area (Å²) in [4.78, 5) is 78.1. The van der Waals surface area contributed by atoms with Crippen LogP contribution in [0.1, 0.15) is 80.9 Å². The Labute approximate surface area is 341 Å². The Kier molecular flexibility index (Phi) is 11.3. The van der Waals surface area contributed by atoms with Gasteiger partial charge in [0.05, 0.1) is 36.3 Å². The van der Waals surface area contributed by atoms with Crippen molar-refractivity contribution < 1.29 is 23.6 Å². The van der Waals surface area contributed by atoms with E-state index in [0.29, 0.717) is 65.3 Å². The van der Waals surface area contributed by atoms with Crippen LogP contribution in [-0.2, 0) is 16.1 Å². The summed E-state index contributed by atoms with van der Waals surface area (Å²) in [5, 5.41) is 7.63. The van der Waals surface area contributed by atoms with E-state index in [1.165, 1.54) is 17.0 Å². The molecule has 16 heteroatoms. The SMILES string of the molecule is [C-]#[N+]c1ccc(N2C(=O)N(c3ccc(C(=O)CCCCCCCn4cnc(-c5ccc(-c6cnc7c(n6)N(CC)C(=O)CN7)c(C)n5)n4)c(F)c3)C(C)(C)C2=O)cc1C. The molecule has 0 saturated carbocycles. The van der Waals surface area contributed by atoms with Crippen LogP contribution in [0.25, 0.3) is 27.6 Å². The molecular formula is C43H44FN11O4. The Morgan fingerprint density at radius 1 is 0.932 bits per heavy atom. The molecule has 0 radical (unpaired) electrons. The van der Waals surface area contributed by atoms with Gasteiger partial charge in [-0.1, -0.05) is 25.3 Å². The van der Waals surface area contributed by atoms with Crippen molar-refractivity contribution in [3.05, 3.63) is 95.1 Å². The maximum atomic E-state index is 15.4. The number of likely N-dealkylation sites (N-methyl/N-ethyl adjacent to an activating group) is 1. The van der Waals surface area contributed by atoms with Crippen LogP contribution in [0.3, 0.4) is 0 Å². The zero-order valence-electron chi connectivity index (χ0n) is 33.6. The van der Waals surface area contributed by atoms with Crippen LogP contribution in [0.2, 0.25) is 0 Å². The van der Waals surface area contributed by atoms with Crippen molar-refractivity contribution in [3.8, 4) is 22.8 Å². The first-order chi connectivity index (χ1) is 28.3. The Morgan fingerprint density at radius 3 is 2.42 bits per heavy atom. The van der Waals surface area contributed by atoms with E-state index in [0.717, 1.165) is 47.9 Å². The summed E-state index contributed by atoms with van der Waals surface area (Å²) in [6, 6.07) is 11.8. The highest BCUT2D eigenvalue weighted by molar-refractivity contribution is 6.30. The minimum Gasteiger partial charge on any atom is -0.358 e. The number of rotatable bonds is 14. The number of halogens is 1. The van der Waals surface area contributed by atoms with Crippen molar-refractivity contribution in [2.45, 2.75) is 85.2 Å². The van der Waals surface area contributed by atoms with Crippen LogP contribution in [0.4, 0.5) is 37.9 Å². The molecule has 1 saturated heterocycles. The second-order valence-electron chi connectivity index (χ2n) is 15.1. The number of pyridine rings is 1. The lowest BCUT2D eigenvalue weighted by molar-refractivity contribution is -0.120. The van der Waals surface area contributed by atoms with E-state index < -0.39 is 23.3 Å². The predicted molar refractivity (Wildman–Crippen MR) is 221 cm³/mol. The monoisotopic (exact) mass is 797 g/mol. The third-order valence-electron chi connectivity index (χ3n) is 10.7. The molecule has 302 valence electrons. The molecule has 0 atom stereocenters. The smallest absolute Gasteiger partial charge is 0.336 e. The molecule has 5 heterocycles. The molecular weight excluding hydrogens is 754 g/mol. The van der Waals surface area contributed by atoms with Crippen LogP contribution >= 0.6 is 0 Å². The number of nitrogens with zero attached hydrogens (tertiary/aromatic N) is 10. The van der Waals surface area contributed by atoms with Crippen molar-refractivity contribution in [2.75, 3.05) is 33.1 Å². The first-order valence-corrected chi connectivity index (χ1v) is 19.6. The van der Waals surface area contributed by atoms with Gasteiger partial charge in [-0.2, -0.15) is 0 Å². The Bertz CT molecular complexity index is 2530. The third-order valence-corrected chi connectivity index (χ3v) is 10.7. The fraction of sp³-hybridized carbons (Fsp3) is 0.349. The highest BCUT2D eigenvalue weighted by atomic mass is 19.1. The normalized spacial score (nSPS) is 14.7. The highest BCUT2D eigenvalue weighted by Crippen LogP contribution is 2.38. The van der Waals surface area contributed by atoms with Gasteiger partial charge in [-0.05, 0) is 95.5 Å². The van der Waals surface area contributed by atoms with E-state index in [-0.39, 0.29) is 35.9 Å². The molecule has 0 aliphatic carbocycles. The zero-order chi connectivity index (χ0) is 42.0. The average Bonchev–Trinajstić information content (AvgIpc) is 3.75. The lowest BCUT2D eigenvalue weighted by Gasteiger charge is -2.28. The lowest BCUT2D eigenvalue weighted by Crippen LogP contribution is -2.44. The first-order valence-electron chi connectivity index (χ1n) is 19.6. The van der Waals surface area contributed by atoms with E-state index in [1.54, 1.807) is 61.1 Å². The van der Waals surface area contributed by atoms with Gasteiger partial charge in [0, 0.05) is 36.5 Å². The van der Waals surface area contributed by atoms with Crippen LogP contribution in [0.5, 0.6) is 0 Å². The number of amides is 4. The lowest BCUT2D eigenvalue weighted by atomic mass is 10.0. The summed E-state index contributed by atoms with van der Waals surface area (Å²) in [5.41, 5.74) is 2.93. The molecule has 0 unspecified atom stereocenters. The number of carbonyl (C=O) groups is 4. The van der Waals surface area contributed by atoms with Gasteiger partial charge in [0.1, 0.15) is 23.4 Å². The van der Waals surface area contributed by atoms with Crippen molar-refractivity contribution >= 4 is 52.3 Å². The summed E-state index contributed by atoms with van der Waals surface area (Å²) in [6.07, 6.45) is 7.60. The minimum atomic E-state index is -1.32. The molecule has 7 rings (SSSR count). The van der Waals surface area contributed by atoms with Gasteiger partial charge < -0.3 is 5.32 Å². The first kappa shape index (κ1) is 40.3. The second kappa shape index (κ2) is 16.5. The quantitative estimate of drug-likeness (QED) is 0.0507. The summed E-state index contributed by atoms with van der Waals surface area (Å²) in [7, 11) is 0. The molecule has 1 fully saturated rings. The molecule has 3 aromatic heterocycles. The second-order valence-corrected chi connectivity index (χ2v) is 15.1. The summed E-state index contributed by atoms with van der Waals surface area (Å²) in [5.74, 6) is -0.0328. The number of imide groups is 1. The Balaban J connectivity index is 0.874. The van der Waals surface area contributed by atoms with Crippen molar-refractivity contribution in [3.63, 3.8) is 0 Å². The third kappa shape index (κ3) is 7.88. The number of ketones is 1. The molecule has 5 aromatic rings. The van der Waals surface area contributed by atoms with E-state index in [4.69, 9.17) is 16.5 Å². The summed E-state index contributed by atoms with van der Waals surface area (Å²) < 4.78 is 17.2. The number of nitrogens with one attached hydrogen (secondary N) is 1. The van der Waals surface area contributed by atoms with Crippen LogP contribution < -0.4 is 20.0 Å². The maximum Gasteiger partial charge on any atom is 0.336 e. The van der Waals surface area contributed by atoms with Crippen molar-refractivity contribution in [1.29, 1.82) is 0 Å². The number of benzene rings is 2. The largest absolute Gasteiger partial charge is 0.358 e. The van der Waals surface area contributed by atoms with Crippen LogP contribution in [-0.4, -0.2) is 72.0 Å². The van der Waals surface area contributed by atoms with Crippen LogP contribution in [0, 0.1) is 26.2 Å². The molecule has 1 N–H and O–H groups in total. The summed E-state index contributed by atoms with van der Waals surface area (Å²) in [6.45, 7) is 17.3. The molecule has 0 bridgehead atoms. The van der Waals surface area contributed by atoms with Gasteiger partial charge in [-0.15, -0.1) is 5.10 Å². The molecule has 2 aliphatic rings. The van der Waals surface area contributed by atoms with Gasteiger partial charge in [-0.3, -0.25) is 28.9 Å². The number of anilines is 4. The van der Waals surface area contributed by atoms with Crippen LogP contribution in [0.15, 0.2) is 61.1 Å². The van der Waals surface area contributed by atoms with Crippen molar-refractivity contribution in [2.24, 2.45) is 0 Å². The molecule has 0 spiro atoms. The molecule has 15 nitrogen and oxygen atoms in total. The fourth-order valence-electron chi connectivity index (χ4n) is 7.45. The van der Waals surface area contributed by atoms with Gasteiger partial charge in [0.15, 0.2) is 28.9 Å². The number of Topliss-reactive ketones (excluding diaryl/α,β-unsaturated/α-hetero) is 1. The molecule has 4 amide bonds. The predicted octanol–water partition coefficient (Wildman–Crippen LogP) is 7.86. The highest BCUT2D eigenvalue weighted by Gasteiger charge is 2.52. The summed E-state index contributed by atoms with van der Waals surface area (Å²) >= 11 is 0. The van der Waals surface area contributed by atoms with Gasteiger partial charge >= 0.3 is 6.03 Å². The molecule has 2 aliphatic heterocycles. The van der Waals surface area contributed by atoms with Gasteiger partial charge in [0.2, 0.25) is 5.91 Å². The fourth-order valence-corrected chi connectivity index (χ4v) is 7.45. The molecule has 59 heavy (non-hydrogen) atoms. The number of fused-ring (bicyclic) bond motifs is 1. The number of aromatic nitrogens is 6. The number of urea groups is 1.